The summed E-state index contributed by atoms with van der Waals surface area (Å²) >= 11 is 0. The predicted octanol–water partition coefficient (Wildman–Crippen LogP) is 0.149. The van der Waals surface area contributed by atoms with Gasteiger partial charge in [0.05, 0.1) is 39.1 Å². The number of amides is 1. The van der Waals surface area contributed by atoms with Gasteiger partial charge in [-0.05, 0) is 0 Å². The maximum atomic E-state index is 10.9. The molecule has 1 aliphatic rings. The average Bonchev–Trinajstić information content (AvgIpc) is 2.57. The van der Waals surface area contributed by atoms with E-state index in [1.165, 1.54) is 6.92 Å². The van der Waals surface area contributed by atoms with E-state index in [0.717, 1.165) is 0 Å². The summed E-state index contributed by atoms with van der Waals surface area (Å²) in [5.74, 6) is -1.20. The molecule has 0 spiro atoms. The zero-order chi connectivity index (χ0) is 19.1. The smallest absolute Gasteiger partial charge is 0.333 e. The molecule has 0 saturated carbocycles. The van der Waals surface area contributed by atoms with E-state index in [-0.39, 0.29) is 25.4 Å². The molecule has 9 nitrogen and oxygen atoms in total. The third-order valence-electron chi connectivity index (χ3n) is 3.07. The Hall–Kier alpha value is -1.26. The molecule has 0 radical (unpaired) electrons. The maximum Gasteiger partial charge on any atom is 0.333 e. The number of hydrogen-bond donors (Lipinski definition) is 3. The number of hydrogen-bond acceptors (Lipinski definition) is 7. The molecule has 3 N–H and O–H groups in total. The van der Waals surface area contributed by atoms with Crippen molar-refractivity contribution >= 4 is 11.9 Å². The van der Waals surface area contributed by atoms with Gasteiger partial charge in [-0.1, -0.05) is 13.8 Å². The number of aliphatic carboxylic acids is 1. The Morgan fingerprint density at radius 2 is 1.68 bits per heavy atom. The lowest BCUT2D eigenvalue weighted by atomic mass is 10.1. The van der Waals surface area contributed by atoms with Gasteiger partial charge in [-0.3, -0.25) is 4.79 Å². The Balaban J connectivity index is 0.00000277. The van der Waals surface area contributed by atoms with Crippen molar-refractivity contribution in [2.45, 2.75) is 52.1 Å². The van der Waals surface area contributed by atoms with Crippen molar-refractivity contribution in [3.05, 3.63) is 0 Å². The molecule has 1 rings (SSSR count). The SMILES string of the molecule is CC.CC(=O)NCCOCCOCCOC1CC(O)CC(C(=O)O)O1. The summed E-state index contributed by atoms with van der Waals surface area (Å²) in [5, 5.41) is 21.1. The van der Waals surface area contributed by atoms with Gasteiger partial charge in [0.2, 0.25) is 5.91 Å². The molecule has 1 fully saturated rings. The van der Waals surface area contributed by atoms with Crippen LogP contribution >= 0.6 is 0 Å². The number of carbonyl (C=O) groups excluding carboxylic acids is 1. The standard InChI is InChI=1S/C14H25NO8.C2H6/c1-10(16)15-2-3-20-4-5-21-6-7-22-13-9-11(17)8-12(23-13)14(18)19;1-2/h11-13,17H,2-9H2,1H3,(H,15,16)(H,18,19);1-2H3. The molecule has 0 aromatic rings. The zero-order valence-electron chi connectivity index (χ0n) is 15.2. The van der Waals surface area contributed by atoms with Crippen molar-refractivity contribution in [3.8, 4) is 0 Å². The van der Waals surface area contributed by atoms with Crippen molar-refractivity contribution in [1.82, 2.24) is 5.32 Å². The van der Waals surface area contributed by atoms with Crippen molar-refractivity contribution < 1.29 is 38.7 Å². The Bertz CT molecular complexity index is 366. The second-order valence-electron chi connectivity index (χ2n) is 5.10. The number of carboxylic acids is 1. The van der Waals surface area contributed by atoms with Crippen LogP contribution in [-0.2, 0) is 28.5 Å². The molecular formula is C16H31NO8. The molecule has 3 atom stereocenters. The molecule has 0 aromatic carbocycles. The fourth-order valence-corrected chi connectivity index (χ4v) is 1.99. The van der Waals surface area contributed by atoms with E-state index in [1.807, 2.05) is 13.8 Å². The van der Waals surface area contributed by atoms with Gasteiger partial charge in [0.1, 0.15) is 0 Å². The molecule has 0 aromatic heterocycles. The number of aliphatic hydroxyl groups excluding tert-OH is 1. The Morgan fingerprint density at radius 3 is 2.28 bits per heavy atom. The molecule has 0 bridgehead atoms. The van der Waals surface area contributed by atoms with E-state index >= 15 is 0 Å². The van der Waals surface area contributed by atoms with Crippen molar-refractivity contribution in [2.24, 2.45) is 0 Å². The van der Waals surface area contributed by atoms with Crippen molar-refractivity contribution in [2.75, 3.05) is 39.6 Å². The van der Waals surface area contributed by atoms with Crippen LogP contribution in [0.4, 0.5) is 0 Å². The summed E-state index contributed by atoms with van der Waals surface area (Å²) in [6.45, 7) is 7.65. The van der Waals surface area contributed by atoms with Crippen molar-refractivity contribution in [3.63, 3.8) is 0 Å². The van der Waals surface area contributed by atoms with E-state index in [9.17, 15) is 14.7 Å². The second kappa shape index (κ2) is 15.0. The first-order valence-electron chi connectivity index (χ1n) is 8.57. The molecule has 0 aliphatic carbocycles. The lowest BCUT2D eigenvalue weighted by molar-refractivity contribution is -0.225. The summed E-state index contributed by atoms with van der Waals surface area (Å²) in [6, 6.07) is 0. The minimum atomic E-state index is -1.11. The fourth-order valence-electron chi connectivity index (χ4n) is 1.99. The van der Waals surface area contributed by atoms with Gasteiger partial charge in [0.15, 0.2) is 12.4 Å². The van der Waals surface area contributed by atoms with Gasteiger partial charge >= 0.3 is 5.97 Å². The maximum absolute atomic E-state index is 10.9. The summed E-state index contributed by atoms with van der Waals surface area (Å²) in [4.78, 5) is 21.4. The lowest BCUT2D eigenvalue weighted by Crippen LogP contribution is -2.41. The highest BCUT2D eigenvalue weighted by Gasteiger charge is 2.33. The summed E-state index contributed by atoms with van der Waals surface area (Å²) in [7, 11) is 0. The molecule has 1 amide bonds. The number of carboxylic acid groups (broad SMARTS) is 1. The quantitative estimate of drug-likeness (QED) is 0.442. The van der Waals surface area contributed by atoms with E-state index in [1.54, 1.807) is 0 Å². The van der Waals surface area contributed by atoms with Gasteiger partial charge in [0, 0.05) is 26.3 Å². The number of aliphatic hydroxyl groups is 1. The third-order valence-corrected chi connectivity index (χ3v) is 3.07. The largest absolute Gasteiger partial charge is 0.479 e. The molecule has 9 heteroatoms. The Labute approximate surface area is 148 Å². The van der Waals surface area contributed by atoms with E-state index in [2.05, 4.69) is 5.32 Å². The summed E-state index contributed by atoms with van der Waals surface area (Å²) < 4.78 is 21.1. The number of carbonyl (C=O) groups is 2. The van der Waals surface area contributed by atoms with Gasteiger partial charge in [-0.2, -0.15) is 0 Å². The van der Waals surface area contributed by atoms with Crippen LogP contribution in [0.5, 0.6) is 0 Å². The van der Waals surface area contributed by atoms with Gasteiger partial charge < -0.3 is 34.5 Å². The van der Waals surface area contributed by atoms with Crippen LogP contribution < -0.4 is 5.32 Å². The van der Waals surface area contributed by atoms with E-state index in [0.29, 0.717) is 33.0 Å². The monoisotopic (exact) mass is 365 g/mol. The molecule has 1 aliphatic heterocycles. The van der Waals surface area contributed by atoms with Gasteiger partial charge in [-0.25, -0.2) is 4.79 Å². The third kappa shape index (κ3) is 12.7. The highest BCUT2D eigenvalue weighted by molar-refractivity contribution is 5.72. The molecule has 1 heterocycles. The molecule has 3 unspecified atom stereocenters. The first kappa shape index (κ1) is 23.7. The van der Waals surface area contributed by atoms with Gasteiger partial charge in [0.25, 0.3) is 0 Å². The number of nitrogens with one attached hydrogen (secondary N) is 1. The van der Waals surface area contributed by atoms with E-state index in [4.69, 9.17) is 24.1 Å². The summed E-state index contributed by atoms with van der Waals surface area (Å²) in [6.07, 6.45) is -2.20. The molecule has 1 saturated heterocycles. The minimum Gasteiger partial charge on any atom is -0.479 e. The first-order chi connectivity index (χ1) is 12.0. The number of rotatable bonds is 11. The topological polar surface area (TPSA) is 124 Å². The van der Waals surface area contributed by atoms with Crippen LogP contribution in [0, 0.1) is 0 Å². The summed E-state index contributed by atoms with van der Waals surface area (Å²) in [5.41, 5.74) is 0. The highest BCUT2D eigenvalue weighted by atomic mass is 16.7. The Kier molecular flexibility index (Phi) is 14.3. The van der Waals surface area contributed by atoms with Crippen LogP contribution in [0.2, 0.25) is 0 Å². The van der Waals surface area contributed by atoms with Crippen LogP contribution in [0.1, 0.15) is 33.6 Å². The van der Waals surface area contributed by atoms with Crippen molar-refractivity contribution in [1.29, 1.82) is 0 Å². The van der Waals surface area contributed by atoms with Crippen LogP contribution in [0.25, 0.3) is 0 Å². The Morgan fingerprint density at radius 1 is 1.08 bits per heavy atom. The van der Waals surface area contributed by atoms with E-state index < -0.39 is 24.5 Å². The molecule has 148 valence electrons. The number of ether oxygens (including phenoxy) is 4. The zero-order valence-corrected chi connectivity index (χ0v) is 15.2. The second-order valence-corrected chi connectivity index (χ2v) is 5.10. The normalized spacial score (nSPS) is 22.6. The van der Waals surface area contributed by atoms with Crippen LogP contribution in [-0.4, -0.2) is 80.2 Å². The first-order valence-corrected chi connectivity index (χ1v) is 8.57. The fraction of sp³-hybridized carbons (Fsp3) is 0.875. The molecular weight excluding hydrogens is 334 g/mol. The van der Waals surface area contributed by atoms with Crippen LogP contribution in [0.3, 0.4) is 0 Å². The highest BCUT2D eigenvalue weighted by Crippen LogP contribution is 2.20. The predicted molar refractivity (Wildman–Crippen MR) is 89.2 cm³/mol. The minimum absolute atomic E-state index is 0.0710. The van der Waals surface area contributed by atoms with Gasteiger partial charge in [-0.15, -0.1) is 0 Å². The van der Waals surface area contributed by atoms with Crippen LogP contribution in [0.15, 0.2) is 0 Å². The average molecular weight is 365 g/mol. The lowest BCUT2D eigenvalue weighted by Gasteiger charge is -2.30. The molecule has 25 heavy (non-hydrogen) atoms.